The monoisotopic (exact) mass is 297 g/mol. The van der Waals surface area contributed by atoms with Crippen LogP contribution >= 0.6 is 11.3 Å². The van der Waals surface area contributed by atoms with E-state index in [0.717, 1.165) is 19.5 Å². The van der Waals surface area contributed by atoms with E-state index in [1.54, 1.807) is 11.3 Å². The zero-order chi connectivity index (χ0) is 15.0. The number of rotatable bonds is 8. The molecule has 2 amide bonds. The number of carbonyl (C=O) groups is 1. The third-order valence-corrected chi connectivity index (χ3v) is 4.54. The summed E-state index contributed by atoms with van der Waals surface area (Å²) >= 11 is 1.69. The number of thiophene rings is 1. The van der Waals surface area contributed by atoms with Crippen molar-refractivity contribution >= 4 is 17.4 Å². The molecule has 1 rings (SSSR count). The first kappa shape index (κ1) is 17.0. The molecular formula is C15H27N3OS. The van der Waals surface area contributed by atoms with Crippen molar-refractivity contribution in [2.24, 2.45) is 0 Å². The smallest absolute Gasteiger partial charge is 0.317 e. The highest BCUT2D eigenvalue weighted by Crippen LogP contribution is 2.11. The number of amides is 2. The zero-order valence-electron chi connectivity index (χ0n) is 13.1. The van der Waals surface area contributed by atoms with Gasteiger partial charge in [-0.3, -0.25) is 0 Å². The summed E-state index contributed by atoms with van der Waals surface area (Å²) in [5.74, 6) is 0. The van der Waals surface area contributed by atoms with Crippen LogP contribution in [0.4, 0.5) is 4.79 Å². The molecule has 0 fully saturated rings. The minimum absolute atomic E-state index is 0.0263. The van der Waals surface area contributed by atoms with Crippen LogP contribution in [0.15, 0.2) is 17.5 Å². The van der Waals surface area contributed by atoms with Gasteiger partial charge in [0.15, 0.2) is 0 Å². The summed E-state index contributed by atoms with van der Waals surface area (Å²) in [6, 6.07) is 4.67. The fourth-order valence-electron chi connectivity index (χ4n) is 1.90. The minimum Gasteiger partial charge on any atom is -0.337 e. The second-order valence-corrected chi connectivity index (χ2v) is 6.10. The molecule has 0 aliphatic heterocycles. The van der Waals surface area contributed by atoms with Gasteiger partial charge in [0.1, 0.15) is 0 Å². The Balaban J connectivity index is 2.33. The van der Waals surface area contributed by atoms with Gasteiger partial charge < -0.3 is 15.1 Å². The molecule has 1 N–H and O–H groups in total. The van der Waals surface area contributed by atoms with E-state index in [4.69, 9.17) is 0 Å². The second-order valence-electron chi connectivity index (χ2n) is 5.06. The summed E-state index contributed by atoms with van der Waals surface area (Å²) in [4.78, 5) is 17.5. The first-order valence-electron chi connectivity index (χ1n) is 7.33. The number of likely N-dealkylation sites (N-methyl/N-ethyl adjacent to an activating group) is 1. The van der Waals surface area contributed by atoms with Crippen molar-refractivity contribution in [3.05, 3.63) is 22.4 Å². The molecule has 0 radical (unpaired) electrons. The predicted octanol–water partition coefficient (Wildman–Crippen LogP) is 3.01. The van der Waals surface area contributed by atoms with E-state index in [0.29, 0.717) is 19.1 Å². The molecule has 0 aliphatic carbocycles. The van der Waals surface area contributed by atoms with E-state index in [2.05, 4.69) is 37.2 Å². The van der Waals surface area contributed by atoms with Crippen molar-refractivity contribution in [1.82, 2.24) is 15.1 Å². The molecule has 20 heavy (non-hydrogen) atoms. The van der Waals surface area contributed by atoms with Gasteiger partial charge in [-0.2, -0.15) is 0 Å². The van der Waals surface area contributed by atoms with Crippen LogP contribution in [0.25, 0.3) is 0 Å². The van der Waals surface area contributed by atoms with Crippen molar-refractivity contribution in [3.63, 3.8) is 0 Å². The van der Waals surface area contributed by atoms with Gasteiger partial charge in [-0.15, -0.1) is 11.3 Å². The lowest BCUT2D eigenvalue weighted by Gasteiger charge is -2.25. The van der Waals surface area contributed by atoms with Crippen molar-refractivity contribution in [1.29, 1.82) is 0 Å². The second kappa shape index (κ2) is 8.97. The number of carbonyl (C=O) groups excluding carboxylic acids is 1. The Morgan fingerprint density at radius 2 is 2.20 bits per heavy atom. The van der Waals surface area contributed by atoms with Crippen molar-refractivity contribution in [2.45, 2.75) is 39.8 Å². The minimum atomic E-state index is 0.0263. The van der Waals surface area contributed by atoms with Crippen molar-refractivity contribution in [2.75, 3.05) is 26.7 Å². The summed E-state index contributed by atoms with van der Waals surface area (Å²) in [7, 11) is 2.10. The van der Waals surface area contributed by atoms with Gasteiger partial charge in [0.05, 0.1) is 6.54 Å². The van der Waals surface area contributed by atoms with Gasteiger partial charge in [0.25, 0.3) is 0 Å². The Labute approximate surface area is 126 Å². The Bertz CT molecular complexity index is 380. The molecular weight excluding hydrogens is 270 g/mol. The number of nitrogens with zero attached hydrogens (tertiary/aromatic N) is 2. The van der Waals surface area contributed by atoms with Gasteiger partial charge in [0.2, 0.25) is 0 Å². The molecule has 1 aromatic heterocycles. The summed E-state index contributed by atoms with van der Waals surface area (Å²) in [5.41, 5.74) is 0. The van der Waals surface area contributed by atoms with Gasteiger partial charge in [-0.25, -0.2) is 4.79 Å². The summed E-state index contributed by atoms with van der Waals surface area (Å²) in [6.07, 6.45) is 1.13. The van der Waals surface area contributed by atoms with Crippen LogP contribution in [0.3, 0.4) is 0 Å². The highest BCUT2D eigenvalue weighted by atomic mass is 32.1. The first-order valence-corrected chi connectivity index (χ1v) is 8.21. The van der Waals surface area contributed by atoms with E-state index >= 15 is 0 Å². The molecule has 114 valence electrons. The number of nitrogens with one attached hydrogen (secondary N) is 1. The van der Waals surface area contributed by atoms with Crippen LogP contribution in [0.5, 0.6) is 0 Å². The summed E-state index contributed by atoms with van der Waals surface area (Å²) in [5, 5.41) is 5.05. The molecule has 0 saturated carbocycles. The lowest BCUT2D eigenvalue weighted by molar-refractivity contribution is 0.194. The van der Waals surface area contributed by atoms with Crippen molar-refractivity contribution in [3.8, 4) is 0 Å². The Morgan fingerprint density at radius 1 is 1.45 bits per heavy atom. The lowest BCUT2D eigenvalue weighted by atomic mass is 10.2. The van der Waals surface area contributed by atoms with Crippen LogP contribution in [-0.2, 0) is 6.54 Å². The number of hydrogen-bond acceptors (Lipinski definition) is 3. The highest BCUT2D eigenvalue weighted by Gasteiger charge is 2.13. The lowest BCUT2D eigenvalue weighted by Crippen LogP contribution is -2.43. The maximum Gasteiger partial charge on any atom is 0.317 e. The van der Waals surface area contributed by atoms with Crippen LogP contribution in [0, 0.1) is 0 Å². The van der Waals surface area contributed by atoms with Crippen LogP contribution in [-0.4, -0.2) is 48.6 Å². The quantitative estimate of drug-likeness (QED) is 0.800. The van der Waals surface area contributed by atoms with Crippen LogP contribution < -0.4 is 5.32 Å². The molecule has 0 saturated heterocycles. The Kier molecular flexibility index (Phi) is 7.62. The summed E-state index contributed by atoms with van der Waals surface area (Å²) in [6.45, 7) is 9.40. The zero-order valence-corrected chi connectivity index (χ0v) is 13.9. The molecule has 4 nitrogen and oxygen atoms in total. The molecule has 1 unspecified atom stereocenters. The van der Waals surface area contributed by atoms with E-state index in [1.165, 1.54) is 4.88 Å². The van der Waals surface area contributed by atoms with Crippen molar-refractivity contribution < 1.29 is 4.79 Å². The molecule has 0 aromatic carbocycles. The molecule has 0 bridgehead atoms. The Morgan fingerprint density at radius 3 is 2.75 bits per heavy atom. The maximum absolute atomic E-state index is 12.1. The van der Waals surface area contributed by atoms with Gasteiger partial charge in [-0.1, -0.05) is 13.0 Å². The fraction of sp³-hybridized carbons (Fsp3) is 0.667. The van der Waals surface area contributed by atoms with E-state index < -0.39 is 0 Å². The van der Waals surface area contributed by atoms with E-state index in [1.807, 2.05) is 23.3 Å². The first-order chi connectivity index (χ1) is 9.58. The van der Waals surface area contributed by atoms with E-state index in [9.17, 15) is 4.79 Å². The van der Waals surface area contributed by atoms with Crippen LogP contribution in [0.2, 0.25) is 0 Å². The summed E-state index contributed by atoms with van der Waals surface area (Å²) < 4.78 is 0. The largest absolute Gasteiger partial charge is 0.337 e. The number of urea groups is 1. The predicted molar refractivity (Wildman–Crippen MR) is 86.2 cm³/mol. The fourth-order valence-corrected chi connectivity index (χ4v) is 2.62. The molecule has 0 aliphatic rings. The molecule has 1 heterocycles. The topological polar surface area (TPSA) is 35.6 Å². The SMILES string of the molecule is CCC(C)N(C)CCNC(=O)N(CC)Cc1cccs1. The van der Waals surface area contributed by atoms with Crippen LogP contribution in [0.1, 0.15) is 32.1 Å². The molecule has 1 aromatic rings. The van der Waals surface area contributed by atoms with Gasteiger partial charge >= 0.3 is 6.03 Å². The standard InChI is InChI=1S/C15H27N3OS/c1-5-13(3)17(4)10-9-16-15(19)18(6-2)12-14-8-7-11-20-14/h7-8,11,13H,5-6,9-10,12H2,1-4H3,(H,16,19). The number of hydrogen-bond donors (Lipinski definition) is 1. The average Bonchev–Trinajstić information content (AvgIpc) is 2.96. The van der Waals surface area contributed by atoms with E-state index in [-0.39, 0.29) is 6.03 Å². The Hall–Kier alpha value is -1.07. The third-order valence-electron chi connectivity index (χ3n) is 3.68. The molecule has 0 spiro atoms. The third kappa shape index (κ3) is 5.51. The molecule has 5 heteroatoms. The van der Waals surface area contributed by atoms with Gasteiger partial charge in [-0.05, 0) is 38.8 Å². The van der Waals surface area contributed by atoms with Gasteiger partial charge in [0, 0.05) is 30.6 Å². The highest BCUT2D eigenvalue weighted by molar-refractivity contribution is 7.09. The molecule has 1 atom stereocenters. The average molecular weight is 297 g/mol. The normalized spacial score (nSPS) is 12.4. The maximum atomic E-state index is 12.1.